The van der Waals surface area contributed by atoms with Crippen LogP contribution >= 0.6 is 0 Å². The van der Waals surface area contributed by atoms with Crippen LogP contribution in [0.25, 0.3) is 10.9 Å². The molecule has 1 heterocycles. The first-order valence-corrected chi connectivity index (χ1v) is 11.4. The van der Waals surface area contributed by atoms with Crippen LogP contribution in [0.2, 0.25) is 0 Å². The van der Waals surface area contributed by atoms with E-state index >= 15 is 0 Å². The molecule has 0 radical (unpaired) electrons. The molecule has 7 heteroatoms. The molecule has 0 bridgehead atoms. The summed E-state index contributed by atoms with van der Waals surface area (Å²) in [5.74, 6) is -1.12. The summed E-state index contributed by atoms with van der Waals surface area (Å²) in [5, 5.41) is 6.58. The Labute approximate surface area is 190 Å². The minimum atomic E-state index is -0.799. The van der Waals surface area contributed by atoms with Gasteiger partial charge in [-0.15, -0.1) is 0 Å². The normalized spacial score (nSPS) is 13.4. The van der Waals surface area contributed by atoms with Gasteiger partial charge in [0, 0.05) is 30.4 Å². The number of hydrogen-bond donors (Lipinski definition) is 3. The molecule has 7 nitrogen and oxygen atoms in total. The summed E-state index contributed by atoms with van der Waals surface area (Å²) in [4.78, 5) is 40.8. The molecule has 0 unspecified atom stereocenters. The summed E-state index contributed by atoms with van der Waals surface area (Å²) in [6, 6.07) is 6.25. The Kier molecular flexibility index (Phi) is 9.29. The number of fused-ring (bicyclic) bond motifs is 1. The second-order valence-corrected chi connectivity index (χ2v) is 9.50. The molecular formula is C25H37N3O4. The molecule has 3 N–H and O–H groups in total. The van der Waals surface area contributed by atoms with E-state index in [1.54, 1.807) is 0 Å². The number of carbonyl (C=O) groups is 3. The third kappa shape index (κ3) is 8.02. The van der Waals surface area contributed by atoms with Gasteiger partial charge < -0.3 is 20.4 Å². The van der Waals surface area contributed by atoms with E-state index < -0.39 is 24.0 Å². The van der Waals surface area contributed by atoms with Crippen molar-refractivity contribution < 1.29 is 19.1 Å². The van der Waals surface area contributed by atoms with Gasteiger partial charge in [-0.2, -0.15) is 0 Å². The van der Waals surface area contributed by atoms with Crippen molar-refractivity contribution in [3.05, 3.63) is 36.0 Å². The third-order valence-corrected chi connectivity index (χ3v) is 5.32. The summed E-state index contributed by atoms with van der Waals surface area (Å²) >= 11 is 0. The molecule has 0 saturated carbocycles. The number of aromatic amines is 1. The van der Waals surface area contributed by atoms with Gasteiger partial charge in [0.05, 0.1) is 6.61 Å². The Morgan fingerprint density at radius 1 is 1.09 bits per heavy atom. The van der Waals surface area contributed by atoms with E-state index in [0.717, 1.165) is 35.7 Å². The molecule has 0 saturated heterocycles. The van der Waals surface area contributed by atoms with Gasteiger partial charge in [0.1, 0.15) is 12.1 Å². The van der Waals surface area contributed by atoms with E-state index in [0.29, 0.717) is 19.4 Å². The van der Waals surface area contributed by atoms with E-state index in [-0.39, 0.29) is 11.3 Å². The summed E-state index contributed by atoms with van der Waals surface area (Å²) in [6.07, 6.45) is 5.07. The van der Waals surface area contributed by atoms with Gasteiger partial charge in [0.15, 0.2) is 0 Å². The van der Waals surface area contributed by atoms with E-state index in [4.69, 9.17) is 4.74 Å². The van der Waals surface area contributed by atoms with E-state index in [9.17, 15) is 14.4 Å². The highest BCUT2D eigenvalue weighted by atomic mass is 16.5. The number of nitrogens with one attached hydrogen (secondary N) is 3. The minimum Gasteiger partial charge on any atom is -0.464 e. The number of H-pyrrole nitrogens is 1. The molecular weight excluding hydrogens is 406 g/mol. The zero-order chi connectivity index (χ0) is 23.7. The summed E-state index contributed by atoms with van der Waals surface area (Å²) in [5.41, 5.74) is 1.90. The van der Waals surface area contributed by atoms with Crippen molar-refractivity contribution >= 4 is 28.7 Å². The van der Waals surface area contributed by atoms with Crippen molar-refractivity contribution in [2.45, 2.75) is 78.8 Å². The van der Waals surface area contributed by atoms with Crippen LogP contribution in [-0.4, -0.2) is 41.5 Å². The number of ether oxygens (including phenoxy) is 1. The van der Waals surface area contributed by atoms with Crippen molar-refractivity contribution in [2.75, 3.05) is 6.61 Å². The van der Waals surface area contributed by atoms with E-state index in [2.05, 4.69) is 36.4 Å². The molecule has 0 aliphatic heterocycles. The largest absolute Gasteiger partial charge is 0.464 e. The molecule has 1 aromatic heterocycles. The molecule has 2 rings (SSSR count). The summed E-state index contributed by atoms with van der Waals surface area (Å²) in [7, 11) is 0. The number of amides is 2. The Morgan fingerprint density at radius 3 is 2.47 bits per heavy atom. The van der Waals surface area contributed by atoms with Gasteiger partial charge in [-0.3, -0.25) is 9.59 Å². The number of para-hydroxylation sites is 1. The van der Waals surface area contributed by atoms with Gasteiger partial charge in [-0.1, -0.05) is 52.3 Å². The van der Waals surface area contributed by atoms with Crippen LogP contribution in [-0.2, 0) is 25.5 Å². The van der Waals surface area contributed by atoms with Gasteiger partial charge in [0.25, 0.3) is 0 Å². The maximum Gasteiger partial charge on any atom is 0.328 e. The molecule has 1 aromatic carbocycles. The Hall–Kier alpha value is -2.83. The number of esters is 1. The van der Waals surface area contributed by atoms with Gasteiger partial charge in [0.2, 0.25) is 11.8 Å². The molecule has 32 heavy (non-hydrogen) atoms. The predicted molar refractivity (Wildman–Crippen MR) is 126 cm³/mol. The van der Waals surface area contributed by atoms with Crippen LogP contribution in [0.15, 0.2) is 30.5 Å². The third-order valence-electron chi connectivity index (χ3n) is 5.32. The highest BCUT2D eigenvalue weighted by Crippen LogP contribution is 2.23. The monoisotopic (exact) mass is 443 g/mol. The van der Waals surface area contributed by atoms with Crippen LogP contribution in [0.5, 0.6) is 0 Å². The lowest BCUT2D eigenvalue weighted by molar-refractivity contribution is -0.148. The lowest BCUT2D eigenvalue weighted by Gasteiger charge is -2.25. The van der Waals surface area contributed by atoms with Crippen LogP contribution in [0.4, 0.5) is 0 Å². The highest BCUT2D eigenvalue weighted by molar-refractivity contribution is 5.91. The summed E-state index contributed by atoms with van der Waals surface area (Å²) < 4.78 is 5.39. The average Bonchev–Trinajstić information content (AvgIpc) is 3.12. The average molecular weight is 444 g/mol. The first-order valence-electron chi connectivity index (χ1n) is 11.4. The topological polar surface area (TPSA) is 100 Å². The van der Waals surface area contributed by atoms with Crippen molar-refractivity contribution in [1.82, 2.24) is 15.6 Å². The van der Waals surface area contributed by atoms with Crippen molar-refractivity contribution in [2.24, 2.45) is 5.41 Å². The molecule has 0 aliphatic rings. The van der Waals surface area contributed by atoms with Crippen LogP contribution < -0.4 is 10.6 Å². The first-order chi connectivity index (χ1) is 15.1. The van der Waals surface area contributed by atoms with Gasteiger partial charge in [-0.05, 0) is 36.3 Å². The molecule has 2 amide bonds. The second kappa shape index (κ2) is 11.7. The number of carbonyl (C=O) groups excluding carboxylic acids is 3. The van der Waals surface area contributed by atoms with E-state index in [1.807, 2.05) is 37.4 Å². The fraction of sp³-hybridized carbons (Fsp3) is 0.560. The number of unbranched alkanes of at least 4 members (excludes halogenated alkanes) is 1. The van der Waals surface area contributed by atoms with Crippen LogP contribution in [0.3, 0.4) is 0 Å². The zero-order valence-corrected chi connectivity index (χ0v) is 19.9. The lowest BCUT2D eigenvalue weighted by Crippen LogP contribution is -2.52. The fourth-order valence-electron chi connectivity index (χ4n) is 3.49. The zero-order valence-electron chi connectivity index (χ0n) is 19.9. The maximum atomic E-state index is 13.2. The minimum absolute atomic E-state index is 0.00769. The summed E-state index contributed by atoms with van der Waals surface area (Å²) in [6.45, 7) is 10.0. The highest BCUT2D eigenvalue weighted by Gasteiger charge is 2.29. The van der Waals surface area contributed by atoms with Crippen LogP contribution in [0, 0.1) is 5.41 Å². The Bertz CT molecular complexity index is 913. The molecule has 2 atom stereocenters. The smallest absolute Gasteiger partial charge is 0.328 e. The van der Waals surface area contributed by atoms with Gasteiger partial charge in [-0.25, -0.2) is 4.79 Å². The lowest BCUT2D eigenvalue weighted by atomic mass is 9.88. The fourth-order valence-corrected chi connectivity index (χ4v) is 3.49. The van der Waals surface area contributed by atoms with Crippen molar-refractivity contribution in [3.8, 4) is 0 Å². The number of rotatable bonds is 11. The molecule has 0 fully saturated rings. The van der Waals surface area contributed by atoms with Crippen LogP contribution in [0.1, 0.15) is 65.9 Å². The van der Waals surface area contributed by atoms with Crippen molar-refractivity contribution in [1.29, 1.82) is 0 Å². The molecule has 176 valence electrons. The first kappa shape index (κ1) is 25.4. The van der Waals surface area contributed by atoms with Crippen molar-refractivity contribution in [3.63, 3.8) is 0 Å². The maximum absolute atomic E-state index is 13.2. The quantitative estimate of drug-likeness (QED) is 0.362. The molecule has 0 aliphatic carbocycles. The number of aromatic nitrogens is 1. The standard InChI is InChI=1S/C25H37N3O4/c1-6-7-14-32-24(31)21(12-13-25(3,4)5)28-23(30)22(27-17(2)29)15-18-16-26-20-11-9-8-10-19(18)20/h8-11,16,21-22,26H,6-7,12-15H2,1-5H3,(H,27,29)(H,28,30)/t21-,22-/m0/s1. The van der Waals surface area contributed by atoms with E-state index in [1.165, 1.54) is 6.92 Å². The number of hydrogen-bond acceptors (Lipinski definition) is 4. The SMILES string of the molecule is CCCCOC(=O)[C@H](CCC(C)(C)C)NC(=O)[C@H](Cc1c[nH]c2ccccc12)NC(C)=O. The second-order valence-electron chi connectivity index (χ2n) is 9.50. The predicted octanol–water partition coefficient (Wildman–Crippen LogP) is 3.87. The Balaban J connectivity index is 2.16. The van der Waals surface area contributed by atoms with Gasteiger partial charge >= 0.3 is 5.97 Å². The number of benzene rings is 1. The molecule has 0 spiro atoms. The molecule has 2 aromatic rings. The Morgan fingerprint density at radius 2 is 1.81 bits per heavy atom.